The molecular weight excluding hydrogens is 232 g/mol. The van der Waals surface area contributed by atoms with Gasteiger partial charge in [0.05, 0.1) is 5.92 Å². The second-order valence-electron chi connectivity index (χ2n) is 3.60. The van der Waals surface area contributed by atoms with Crippen LogP contribution in [0.25, 0.3) is 0 Å². The molecule has 3 heteroatoms. The van der Waals surface area contributed by atoms with Crippen LogP contribution in [0.15, 0.2) is 11.1 Å². The minimum atomic E-state index is -0.689. The van der Waals surface area contributed by atoms with Gasteiger partial charge in [0.1, 0.15) is 0 Å². The molecule has 0 aromatic heterocycles. The maximum absolute atomic E-state index is 10.8. The number of rotatable bonds is 6. The van der Waals surface area contributed by atoms with Crippen LogP contribution in [0.3, 0.4) is 0 Å². The van der Waals surface area contributed by atoms with Gasteiger partial charge in [0.25, 0.3) is 0 Å². The van der Waals surface area contributed by atoms with Crippen LogP contribution >= 0.6 is 15.9 Å². The van der Waals surface area contributed by atoms with Crippen molar-refractivity contribution in [2.24, 2.45) is 11.8 Å². The molecule has 13 heavy (non-hydrogen) atoms. The highest BCUT2D eigenvalue weighted by Crippen LogP contribution is 2.16. The van der Waals surface area contributed by atoms with E-state index < -0.39 is 5.97 Å². The van der Waals surface area contributed by atoms with Gasteiger partial charge in [-0.2, -0.15) is 0 Å². The van der Waals surface area contributed by atoms with Gasteiger partial charge in [0.2, 0.25) is 0 Å². The van der Waals surface area contributed by atoms with Crippen molar-refractivity contribution in [2.45, 2.75) is 33.1 Å². The van der Waals surface area contributed by atoms with Crippen LogP contribution < -0.4 is 0 Å². The fourth-order valence-corrected chi connectivity index (χ4v) is 1.31. The monoisotopic (exact) mass is 248 g/mol. The lowest BCUT2D eigenvalue weighted by Crippen LogP contribution is -2.13. The van der Waals surface area contributed by atoms with Crippen molar-refractivity contribution in [2.75, 3.05) is 0 Å². The van der Waals surface area contributed by atoms with Crippen LogP contribution in [0.4, 0.5) is 0 Å². The van der Waals surface area contributed by atoms with Crippen LogP contribution in [0.5, 0.6) is 0 Å². The van der Waals surface area contributed by atoms with E-state index in [1.54, 1.807) is 4.99 Å². The zero-order valence-corrected chi connectivity index (χ0v) is 9.75. The summed E-state index contributed by atoms with van der Waals surface area (Å²) in [6.07, 6.45) is 4.21. The lowest BCUT2D eigenvalue weighted by molar-refractivity contribution is -0.141. The number of aliphatic carboxylic acids is 1. The Morgan fingerprint density at radius 2 is 2.08 bits per heavy atom. The highest BCUT2D eigenvalue weighted by atomic mass is 79.9. The third-order valence-electron chi connectivity index (χ3n) is 1.95. The van der Waals surface area contributed by atoms with Crippen LogP contribution in [-0.4, -0.2) is 11.1 Å². The van der Waals surface area contributed by atoms with Crippen molar-refractivity contribution >= 4 is 21.9 Å². The quantitative estimate of drug-likeness (QED) is 0.783. The van der Waals surface area contributed by atoms with Gasteiger partial charge in [-0.25, -0.2) is 0 Å². The van der Waals surface area contributed by atoms with Crippen molar-refractivity contribution in [3.05, 3.63) is 11.1 Å². The maximum atomic E-state index is 10.8. The summed E-state index contributed by atoms with van der Waals surface area (Å²) >= 11 is 3.13. The maximum Gasteiger partial charge on any atom is 0.306 e. The van der Waals surface area contributed by atoms with Crippen molar-refractivity contribution < 1.29 is 9.90 Å². The van der Waals surface area contributed by atoms with Gasteiger partial charge in [0.15, 0.2) is 0 Å². The van der Waals surface area contributed by atoms with Crippen LogP contribution in [-0.2, 0) is 4.79 Å². The summed E-state index contributed by atoms with van der Waals surface area (Å²) in [5.41, 5.74) is 0. The van der Waals surface area contributed by atoms with Crippen molar-refractivity contribution in [3.8, 4) is 0 Å². The van der Waals surface area contributed by atoms with E-state index in [9.17, 15) is 4.79 Å². The molecule has 0 amide bonds. The lowest BCUT2D eigenvalue weighted by Gasteiger charge is -2.10. The molecule has 0 aliphatic rings. The Morgan fingerprint density at radius 1 is 1.46 bits per heavy atom. The molecule has 0 aromatic rings. The first-order valence-corrected chi connectivity index (χ1v) is 5.47. The van der Waals surface area contributed by atoms with Gasteiger partial charge >= 0.3 is 5.97 Å². The summed E-state index contributed by atoms with van der Waals surface area (Å²) in [7, 11) is 0. The Kier molecular flexibility index (Phi) is 6.96. The minimum Gasteiger partial charge on any atom is -0.481 e. The zero-order valence-electron chi connectivity index (χ0n) is 8.16. The number of carboxylic acids is 1. The normalized spacial score (nSPS) is 13.8. The van der Waals surface area contributed by atoms with Crippen molar-refractivity contribution in [1.29, 1.82) is 0 Å². The second-order valence-corrected chi connectivity index (χ2v) is 4.13. The summed E-state index contributed by atoms with van der Waals surface area (Å²) in [6, 6.07) is 0. The van der Waals surface area contributed by atoms with Gasteiger partial charge in [-0.15, -0.1) is 0 Å². The molecule has 0 rings (SSSR count). The number of carbonyl (C=O) groups is 1. The standard InChI is InChI=1S/C10H17BrO2/c1-8(2)5-6-9(10(12)13)4-3-7-11/h3,7-9H,4-6H2,1-2H3,(H,12,13)/b7-3+. The van der Waals surface area contributed by atoms with Gasteiger partial charge in [-0.1, -0.05) is 42.3 Å². The first kappa shape index (κ1) is 12.7. The van der Waals surface area contributed by atoms with Crippen molar-refractivity contribution in [3.63, 3.8) is 0 Å². The Bertz CT molecular complexity index is 176. The molecule has 0 fully saturated rings. The van der Waals surface area contributed by atoms with Crippen LogP contribution in [0.2, 0.25) is 0 Å². The van der Waals surface area contributed by atoms with Crippen molar-refractivity contribution in [1.82, 2.24) is 0 Å². The molecule has 0 radical (unpaired) electrons. The Hall–Kier alpha value is -0.310. The summed E-state index contributed by atoms with van der Waals surface area (Å²) in [5.74, 6) is -0.336. The van der Waals surface area contributed by atoms with E-state index in [0.717, 1.165) is 12.8 Å². The van der Waals surface area contributed by atoms with E-state index in [1.807, 2.05) is 6.08 Å². The van der Waals surface area contributed by atoms with E-state index in [-0.39, 0.29) is 5.92 Å². The number of carboxylic acid groups (broad SMARTS) is 1. The predicted octanol–water partition coefficient (Wildman–Crippen LogP) is 3.42. The summed E-state index contributed by atoms with van der Waals surface area (Å²) in [6.45, 7) is 4.22. The average molecular weight is 249 g/mol. The molecule has 0 bridgehead atoms. The van der Waals surface area contributed by atoms with Gasteiger partial charge in [-0.3, -0.25) is 4.79 Å². The first-order chi connectivity index (χ1) is 6.07. The van der Waals surface area contributed by atoms with Gasteiger partial charge in [-0.05, 0) is 23.7 Å². The SMILES string of the molecule is CC(C)CCC(C/C=C/Br)C(=O)O. The molecule has 2 nitrogen and oxygen atoms in total. The fraction of sp³-hybridized carbons (Fsp3) is 0.700. The van der Waals surface area contributed by atoms with E-state index in [1.165, 1.54) is 0 Å². The zero-order chi connectivity index (χ0) is 10.3. The molecule has 0 spiro atoms. The van der Waals surface area contributed by atoms with E-state index >= 15 is 0 Å². The molecule has 76 valence electrons. The first-order valence-electron chi connectivity index (χ1n) is 4.56. The van der Waals surface area contributed by atoms with E-state index in [4.69, 9.17) is 5.11 Å². The average Bonchev–Trinajstić information content (AvgIpc) is 2.03. The smallest absolute Gasteiger partial charge is 0.306 e. The predicted molar refractivity (Wildman–Crippen MR) is 57.9 cm³/mol. The van der Waals surface area contributed by atoms with Gasteiger partial charge < -0.3 is 5.11 Å². The topological polar surface area (TPSA) is 37.3 Å². The lowest BCUT2D eigenvalue weighted by atomic mass is 9.95. The summed E-state index contributed by atoms with van der Waals surface area (Å²) in [5, 5.41) is 8.86. The van der Waals surface area contributed by atoms with Crippen LogP contribution in [0.1, 0.15) is 33.1 Å². The largest absolute Gasteiger partial charge is 0.481 e. The molecule has 0 saturated carbocycles. The van der Waals surface area contributed by atoms with E-state index in [2.05, 4.69) is 29.8 Å². The third kappa shape index (κ3) is 6.82. The molecular formula is C10H17BrO2. The molecule has 0 aliphatic carbocycles. The number of allylic oxidation sites excluding steroid dienone is 1. The highest BCUT2D eigenvalue weighted by Gasteiger charge is 2.15. The van der Waals surface area contributed by atoms with Gasteiger partial charge in [0, 0.05) is 0 Å². The Labute approximate surface area is 88.2 Å². The number of hydrogen-bond donors (Lipinski definition) is 1. The molecule has 0 aliphatic heterocycles. The summed E-state index contributed by atoms with van der Waals surface area (Å²) < 4.78 is 0. The fourth-order valence-electron chi connectivity index (χ4n) is 1.09. The number of hydrogen-bond acceptors (Lipinski definition) is 1. The minimum absolute atomic E-state index is 0.226. The molecule has 1 unspecified atom stereocenters. The highest BCUT2D eigenvalue weighted by molar-refractivity contribution is 9.11. The molecule has 1 atom stereocenters. The number of halogens is 1. The van der Waals surface area contributed by atoms with E-state index in [0.29, 0.717) is 12.3 Å². The molecule has 0 saturated heterocycles. The molecule has 1 N–H and O–H groups in total. The summed E-state index contributed by atoms with van der Waals surface area (Å²) in [4.78, 5) is 12.5. The Morgan fingerprint density at radius 3 is 2.46 bits per heavy atom. The van der Waals surface area contributed by atoms with Crippen LogP contribution in [0, 0.1) is 11.8 Å². The molecule has 0 aromatic carbocycles. The molecule has 0 heterocycles. The second kappa shape index (κ2) is 7.13. The Balaban J connectivity index is 3.87. The third-order valence-corrected chi connectivity index (χ3v) is 2.33.